The van der Waals surface area contributed by atoms with Gasteiger partial charge in [-0.1, -0.05) is 23.8 Å². The van der Waals surface area contributed by atoms with Gasteiger partial charge >= 0.3 is 0 Å². The second-order valence-corrected chi connectivity index (χ2v) is 5.46. The van der Waals surface area contributed by atoms with Gasteiger partial charge in [0, 0.05) is 13.1 Å². The monoisotopic (exact) mass is 324 g/mol. The van der Waals surface area contributed by atoms with E-state index in [1.807, 2.05) is 26.0 Å². The van der Waals surface area contributed by atoms with Crippen LogP contribution in [0.25, 0.3) is 0 Å². The number of hydrogen-bond donors (Lipinski definition) is 2. The number of carbonyl (C=O) groups is 1. The van der Waals surface area contributed by atoms with Crippen LogP contribution in [0.15, 0.2) is 29.8 Å². The second-order valence-electron chi connectivity index (χ2n) is 5.46. The summed E-state index contributed by atoms with van der Waals surface area (Å²) in [5.41, 5.74) is 3.57. The molecule has 0 fully saturated rings. The maximum absolute atomic E-state index is 11.8. The molecule has 1 amide bonds. The van der Waals surface area contributed by atoms with E-state index >= 15 is 0 Å². The minimum Gasteiger partial charge on any atom is -0.493 e. The number of ether oxygens (including phenoxy) is 1. The Bertz CT molecular complexity index is 529. The number of halogens is 1. The molecule has 1 aliphatic rings. The quantitative estimate of drug-likeness (QED) is 0.791. The van der Waals surface area contributed by atoms with Crippen LogP contribution in [0.5, 0.6) is 5.75 Å². The fourth-order valence-corrected chi connectivity index (χ4v) is 2.25. The fraction of sp³-hybridized carbons (Fsp3) is 0.471. The third-order valence-electron chi connectivity index (χ3n) is 3.60. The summed E-state index contributed by atoms with van der Waals surface area (Å²) in [6.45, 7) is 7.02. The van der Waals surface area contributed by atoms with Crippen molar-refractivity contribution in [3.8, 4) is 5.75 Å². The van der Waals surface area contributed by atoms with Crippen LogP contribution in [0.1, 0.15) is 24.0 Å². The lowest BCUT2D eigenvalue weighted by molar-refractivity contribution is -0.121. The summed E-state index contributed by atoms with van der Waals surface area (Å²) in [6.07, 6.45) is 3.55. The molecule has 0 atom stereocenters. The number of carbonyl (C=O) groups excluding carboxylic acids is 1. The van der Waals surface area contributed by atoms with Crippen molar-refractivity contribution in [3.05, 3.63) is 41.0 Å². The Labute approximate surface area is 138 Å². The van der Waals surface area contributed by atoms with Crippen molar-refractivity contribution in [2.45, 2.75) is 26.7 Å². The number of aryl methyl sites for hydroxylation is 2. The molecule has 2 N–H and O–H groups in total. The Kier molecular flexibility index (Phi) is 7.99. The van der Waals surface area contributed by atoms with Crippen LogP contribution in [0.4, 0.5) is 0 Å². The average molecular weight is 325 g/mol. The third-order valence-corrected chi connectivity index (χ3v) is 3.60. The van der Waals surface area contributed by atoms with Crippen LogP contribution in [0.2, 0.25) is 0 Å². The molecule has 0 aliphatic carbocycles. The number of nitrogens with one attached hydrogen (secondary N) is 2. The van der Waals surface area contributed by atoms with E-state index in [-0.39, 0.29) is 18.3 Å². The summed E-state index contributed by atoms with van der Waals surface area (Å²) >= 11 is 0. The maximum Gasteiger partial charge on any atom is 0.223 e. The molecule has 2 rings (SSSR count). The summed E-state index contributed by atoms with van der Waals surface area (Å²) in [5.74, 6) is 0.906. The highest BCUT2D eigenvalue weighted by Crippen LogP contribution is 2.19. The SMILES string of the molecule is Cc1ccc(C)c(OCCC(=O)NCC2=CCNCC2)c1.Cl. The van der Waals surface area contributed by atoms with E-state index in [0.717, 1.165) is 36.4 Å². The van der Waals surface area contributed by atoms with Crippen molar-refractivity contribution in [1.82, 2.24) is 10.6 Å². The lowest BCUT2D eigenvalue weighted by atomic mass is 10.1. The molecule has 22 heavy (non-hydrogen) atoms. The Morgan fingerprint density at radius 1 is 1.36 bits per heavy atom. The first-order valence-electron chi connectivity index (χ1n) is 7.50. The predicted octanol–water partition coefficient (Wildman–Crippen LogP) is 2.53. The average Bonchev–Trinajstić information content (AvgIpc) is 2.50. The van der Waals surface area contributed by atoms with E-state index in [1.54, 1.807) is 0 Å². The van der Waals surface area contributed by atoms with Crippen LogP contribution in [0, 0.1) is 13.8 Å². The molecular weight excluding hydrogens is 300 g/mol. The van der Waals surface area contributed by atoms with Gasteiger partial charge in [-0.25, -0.2) is 0 Å². The minimum absolute atomic E-state index is 0. The van der Waals surface area contributed by atoms with E-state index in [0.29, 0.717) is 19.6 Å². The van der Waals surface area contributed by atoms with Crippen molar-refractivity contribution in [2.75, 3.05) is 26.2 Å². The van der Waals surface area contributed by atoms with Gasteiger partial charge in [-0.05, 0) is 44.0 Å². The van der Waals surface area contributed by atoms with E-state index in [1.165, 1.54) is 5.57 Å². The molecule has 1 aromatic carbocycles. The van der Waals surface area contributed by atoms with Gasteiger partial charge in [-0.2, -0.15) is 0 Å². The normalized spacial score (nSPS) is 13.8. The fourth-order valence-electron chi connectivity index (χ4n) is 2.25. The molecule has 0 aromatic heterocycles. The largest absolute Gasteiger partial charge is 0.493 e. The van der Waals surface area contributed by atoms with Crippen molar-refractivity contribution < 1.29 is 9.53 Å². The molecule has 0 radical (unpaired) electrons. The smallest absolute Gasteiger partial charge is 0.223 e. The van der Waals surface area contributed by atoms with E-state index < -0.39 is 0 Å². The Balaban J connectivity index is 0.00000242. The zero-order chi connectivity index (χ0) is 15.1. The summed E-state index contributed by atoms with van der Waals surface area (Å²) in [7, 11) is 0. The van der Waals surface area contributed by atoms with Crippen LogP contribution < -0.4 is 15.4 Å². The van der Waals surface area contributed by atoms with Crippen LogP contribution in [-0.2, 0) is 4.79 Å². The molecule has 0 bridgehead atoms. The van der Waals surface area contributed by atoms with Gasteiger partial charge in [0.15, 0.2) is 0 Å². The lowest BCUT2D eigenvalue weighted by Gasteiger charge is -2.15. The molecule has 4 nitrogen and oxygen atoms in total. The molecule has 1 aliphatic heterocycles. The molecule has 0 unspecified atom stereocenters. The van der Waals surface area contributed by atoms with Crippen LogP contribution >= 0.6 is 12.4 Å². The van der Waals surface area contributed by atoms with E-state index in [4.69, 9.17) is 4.74 Å². The summed E-state index contributed by atoms with van der Waals surface area (Å²) < 4.78 is 5.69. The highest BCUT2D eigenvalue weighted by molar-refractivity contribution is 5.85. The Morgan fingerprint density at radius 3 is 2.91 bits per heavy atom. The zero-order valence-electron chi connectivity index (χ0n) is 13.3. The lowest BCUT2D eigenvalue weighted by Crippen LogP contribution is -2.30. The van der Waals surface area contributed by atoms with Gasteiger partial charge in [-0.15, -0.1) is 12.4 Å². The molecule has 0 saturated carbocycles. The minimum atomic E-state index is 0. The number of rotatable bonds is 6. The summed E-state index contributed by atoms with van der Waals surface area (Å²) in [4.78, 5) is 11.8. The van der Waals surface area contributed by atoms with Crippen LogP contribution in [0.3, 0.4) is 0 Å². The standard InChI is InChI=1S/C17H24N2O2.ClH/c1-13-3-4-14(2)16(11-13)21-10-7-17(20)19-12-15-5-8-18-9-6-15;/h3-5,11,18H,6-10,12H2,1-2H3,(H,19,20);1H. The topological polar surface area (TPSA) is 50.4 Å². The summed E-state index contributed by atoms with van der Waals surface area (Å²) in [6, 6.07) is 6.10. The molecule has 1 heterocycles. The second kappa shape index (κ2) is 9.49. The molecule has 1 aromatic rings. The molecular formula is C17H25ClN2O2. The molecule has 0 saturated heterocycles. The first-order valence-corrected chi connectivity index (χ1v) is 7.50. The van der Waals surface area contributed by atoms with Crippen molar-refractivity contribution >= 4 is 18.3 Å². The van der Waals surface area contributed by atoms with Gasteiger partial charge in [0.2, 0.25) is 5.91 Å². The summed E-state index contributed by atoms with van der Waals surface area (Å²) in [5, 5.41) is 6.21. The zero-order valence-corrected chi connectivity index (χ0v) is 14.1. The van der Waals surface area contributed by atoms with Crippen molar-refractivity contribution in [1.29, 1.82) is 0 Å². The Morgan fingerprint density at radius 2 is 2.18 bits per heavy atom. The van der Waals surface area contributed by atoms with Gasteiger partial charge in [-0.3, -0.25) is 4.79 Å². The van der Waals surface area contributed by atoms with Gasteiger partial charge in [0.25, 0.3) is 0 Å². The van der Waals surface area contributed by atoms with Crippen LogP contribution in [-0.4, -0.2) is 32.1 Å². The molecule has 5 heteroatoms. The third kappa shape index (κ3) is 6.08. The molecule has 122 valence electrons. The Hall–Kier alpha value is -1.52. The highest BCUT2D eigenvalue weighted by atomic mass is 35.5. The van der Waals surface area contributed by atoms with Gasteiger partial charge < -0.3 is 15.4 Å². The van der Waals surface area contributed by atoms with Gasteiger partial charge in [0.05, 0.1) is 13.0 Å². The number of hydrogen-bond acceptors (Lipinski definition) is 3. The number of amides is 1. The van der Waals surface area contributed by atoms with Gasteiger partial charge in [0.1, 0.15) is 5.75 Å². The number of benzene rings is 1. The first-order chi connectivity index (χ1) is 10.1. The van der Waals surface area contributed by atoms with E-state index in [2.05, 4.69) is 22.8 Å². The van der Waals surface area contributed by atoms with Crippen molar-refractivity contribution in [2.24, 2.45) is 0 Å². The van der Waals surface area contributed by atoms with Crippen molar-refractivity contribution in [3.63, 3.8) is 0 Å². The highest BCUT2D eigenvalue weighted by Gasteiger charge is 2.06. The predicted molar refractivity (Wildman–Crippen MR) is 91.9 cm³/mol. The molecule has 0 spiro atoms. The van der Waals surface area contributed by atoms with E-state index in [9.17, 15) is 4.79 Å². The first kappa shape index (κ1) is 18.5. The maximum atomic E-state index is 11.8.